The van der Waals surface area contributed by atoms with Crippen molar-refractivity contribution in [3.05, 3.63) is 112 Å². The number of allylic oxidation sites excluding steroid dienone is 2. The highest BCUT2D eigenvalue weighted by molar-refractivity contribution is 7.99. The molecule has 0 saturated carbocycles. The van der Waals surface area contributed by atoms with E-state index in [1.165, 1.54) is 40.4 Å². The van der Waals surface area contributed by atoms with Gasteiger partial charge >= 0.3 is 5.63 Å². The van der Waals surface area contributed by atoms with Gasteiger partial charge in [0.05, 0.1) is 24.0 Å². The lowest BCUT2D eigenvalue weighted by Crippen LogP contribution is -2.41. The molecular formula is C45H51ClN2O6S. The Bertz CT molecular complexity index is 2230. The van der Waals surface area contributed by atoms with Crippen LogP contribution in [0.15, 0.2) is 110 Å². The van der Waals surface area contributed by atoms with Crippen molar-refractivity contribution < 1.29 is 24.1 Å². The second-order valence-corrected chi connectivity index (χ2v) is 15.4. The number of rotatable bonds is 9. The van der Waals surface area contributed by atoms with Crippen LogP contribution in [0.5, 0.6) is 23.0 Å². The lowest BCUT2D eigenvalue weighted by Gasteiger charge is -2.37. The minimum absolute atomic E-state index is 0. The van der Waals surface area contributed by atoms with E-state index >= 15 is 0 Å². The largest absolute Gasteiger partial charge is 0.508 e. The molecule has 0 aliphatic carbocycles. The maximum absolute atomic E-state index is 12.9. The van der Waals surface area contributed by atoms with Gasteiger partial charge in [0.25, 0.3) is 0 Å². The lowest BCUT2D eigenvalue weighted by molar-refractivity contribution is 0.157. The predicted octanol–water partition coefficient (Wildman–Crippen LogP) is 11.0. The van der Waals surface area contributed by atoms with Gasteiger partial charge < -0.3 is 29.0 Å². The average molecular weight is 783 g/mol. The maximum Gasteiger partial charge on any atom is 0.348 e. The van der Waals surface area contributed by atoms with E-state index in [1.807, 2.05) is 51.6 Å². The Kier molecular flexibility index (Phi) is 13.0. The molecule has 5 aromatic rings. The van der Waals surface area contributed by atoms with Crippen LogP contribution in [0.1, 0.15) is 59.6 Å². The van der Waals surface area contributed by atoms with Crippen LogP contribution in [0.2, 0.25) is 0 Å². The topological polar surface area (TPSA) is 95.6 Å². The van der Waals surface area contributed by atoms with Crippen molar-refractivity contribution in [2.45, 2.75) is 76.3 Å². The summed E-state index contributed by atoms with van der Waals surface area (Å²) in [7, 11) is 1.52. The number of phenolic OH excluding ortho intramolecular Hbond substituents is 1. The third-order valence-corrected chi connectivity index (χ3v) is 11.0. The van der Waals surface area contributed by atoms with Crippen LogP contribution < -0.4 is 20.0 Å². The molecule has 2 aliphatic rings. The smallest absolute Gasteiger partial charge is 0.348 e. The number of fused-ring (bicyclic) bond motifs is 5. The number of para-hydroxylation sites is 2. The predicted molar refractivity (Wildman–Crippen MR) is 228 cm³/mol. The van der Waals surface area contributed by atoms with Gasteiger partial charge in [0.2, 0.25) is 0 Å². The minimum atomic E-state index is -0.694. The van der Waals surface area contributed by atoms with E-state index in [2.05, 4.69) is 85.2 Å². The molecule has 290 valence electrons. The van der Waals surface area contributed by atoms with Crippen molar-refractivity contribution in [1.82, 2.24) is 4.90 Å². The number of hydrogen-bond acceptors (Lipinski definition) is 9. The molecule has 0 radical (unpaired) electrons. The fourth-order valence-corrected chi connectivity index (χ4v) is 8.19. The number of ether oxygens (including phenoxy) is 2. The van der Waals surface area contributed by atoms with Gasteiger partial charge in [0.15, 0.2) is 5.58 Å². The fraction of sp³-hybridized carbons (Fsp3) is 0.311. The van der Waals surface area contributed by atoms with Gasteiger partial charge in [-0.05, 0) is 108 Å². The number of methoxy groups -OCH3 is 1. The van der Waals surface area contributed by atoms with Crippen LogP contribution in [-0.4, -0.2) is 53.5 Å². The summed E-state index contributed by atoms with van der Waals surface area (Å²) in [5.41, 5.74) is 4.53. The van der Waals surface area contributed by atoms with Crippen LogP contribution in [0.4, 0.5) is 11.4 Å². The van der Waals surface area contributed by atoms with Crippen LogP contribution in [0.3, 0.4) is 0 Å². The van der Waals surface area contributed by atoms with E-state index in [1.54, 1.807) is 12.1 Å². The molecule has 0 bridgehead atoms. The Morgan fingerprint density at radius 2 is 1.56 bits per heavy atom. The molecule has 2 N–H and O–H groups in total. The summed E-state index contributed by atoms with van der Waals surface area (Å²) >= 11 is 1.88. The standard InChI is InChI=1S/C26H26O6.C19H24N2S.ClH/c1-14(2)6-11-17-22-18(12-13-26(3,4)32-22)24-20(23(17)30-5)21(28)19(25(29)31-24)15-7-9-16(27)10-8-15;1-4-20(5-2)15(3)14-21-16-10-6-8-12-18(16)22-19-13-9-7-11-17(19)21;/h6-10,12-13,27-28H,11H2,1-5H3;6-13,15H,4-5,14H2,1-3H3;1H. The van der Waals surface area contributed by atoms with Gasteiger partial charge in [-0.3, -0.25) is 4.90 Å². The molecule has 0 saturated heterocycles. The monoisotopic (exact) mass is 782 g/mol. The molecule has 1 atom stereocenters. The van der Waals surface area contributed by atoms with Crippen molar-refractivity contribution in [2.75, 3.05) is 31.6 Å². The lowest BCUT2D eigenvalue weighted by atomic mass is 9.93. The summed E-state index contributed by atoms with van der Waals surface area (Å²) in [4.78, 5) is 20.7. The van der Waals surface area contributed by atoms with E-state index < -0.39 is 11.2 Å². The molecule has 0 spiro atoms. The second kappa shape index (κ2) is 17.3. The van der Waals surface area contributed by atoms with E-state index in [0.717, 1.165) is 30.8 Å². The van der Waals surface area contributed by atoms with Crippen molar-refractivity contribution in [3.8, 4) is 34.1 Å². The third-order valence-electron chi connectivity index (χ3n) is 9.87. The molecule has 3 heterocycles. The van der Waals surface area contributed by atoms with Gasteiger partial charge in [-0.1, -0.05) is 73.7 Å². The number of hydrogen-bond donors (Lipinski definition) is 2. The van der Waals surface area contributed by atoms with Gasteiger partial charge in [-0.2, -0.15) is 0 Å². The second-order valence-electron chi connectivity index (χ2n) is 14.4. The zero-order valence-corrected chi connectivity index (χ0v) is 34.4. The highest BCUT2D eigenvalue weighted by Gasteiger charge is 2.32. The number of phenols is 1. The molecule has 4 aromatic carbocycles. The Hall–Kier alpha value is -4.83. The van der Waals surface area contributed by atoms with Crippen LogP contribution in [0, 0.1) is 0 Å². The summed E-state index contributed by atoms with van der Waals surface area (Å²) < 4.78 is 17.8. The zero-order valence-electron chi connectivity index (χ0n) is 32.8. The quantitative estimate of drug-likeness (QED) is 0.112. The zero-order chi connectivity index (χ0) is 38.7. The summed E-state index contributed by atoms with van der Waals surface area (Å²) in [6, 6.07) is 24.0. The number of halogens is 1. The minimum Gasteiger partial charge on any atom is -0.508 e. The Labute approximate surface area is 334 Å². The molecular weight excluding hydrogens is 732 g/mol. The Morgan fingerprint density at radius 1 is 0.964 bits per heavy atom. The van der Waals surface area contributed by atoms with Crippen molar-refractivity contribution in [2.24, 2.45) is 0 Å². The first-order chi connectivity index (χ1) is 25.9. The molecule has 1 unspecified atom stereocenters. The molecule has 0 fully saturated rings. The Balaban J connectivity index is 0.000000221. The summed E-state index contributed by atoms with van der Waals surface area (Å²) in [6.07, 6.45) is 6.31. The normalized spacial score (nSPS) is 14.0. The first-order valence-corrected chi connectivity index (χ1v) is 19.3. The van der Waals surface area contributed by atoms with Crippen LogP contribution in [0.25, 0.3) is 28.2 Å². The fourth-order valence-electron chi connectivity index (χ4n) is 7.10. The van der Waals surface area contributed by atoms with Gasteiger partial charge in [-0.25, -0.2) is 4.79 Å². The number of likely N-dealkylation sites (N-methyl/N-ethyl adjacent to an activating group) is 1. The molecule has 10 heteroatoms. The number of nitrogens with zero attached hydrogens (tertiary/aromatic N) is 2. The first kappa shape index (κ1) is 41.3. The van der Waals surface area contributed by atoms with Crippen molar-refractivity contribution >= 4 is 52.6 Å². The van der Waals surface area contributed by atoms with E-state index in [4.69, 9.17) is 13.9 Å². The summed E-state index contributed by atoms with van der Waals surface area (Å²) in [5, 5.41) is 21.2. The average Bonchev–Trinajstić information content (AvgIpc) is 3.14. The van der Waals surface area contributed by atoms with Gasteiger partial charge in [0.1, 0.15) is 39.5 Å². The summed E-state index contributed by atoms with van der Waals surface area (Å²) in [6.45, 7) is 17.9. The number of anilines is 2. The third kappa shape index (κ3) is 8.54. The summed E-state index contributed by atoms with van der Waals surface area (Å²) in [5.74, 6) is 0.778. The number of benzene rings is 4. The van der Waals surface area contributed by atoms with Crippen LogP contribution >= 0.6 is 24.2 Å². The molecule has 1 aromatic heterocycles. The Morgan fingerprint density at radius 3 is 2.13 bits per heavy atom. The van der Waals surface area contributed by atoms with E-state index in [-0.39, 0.29) is 35.1 Å². The molecule has 55 heavy (non-hydrogen) atoms. The van der Waals surface area contributed by atoms with Gasteiger partial charge in [0, 0.05) is 27.9 Å². The SMILES string of the molecule is CCN(CC)C(C)CN1c2ccccc2Sc2ccccc21.COc1c(CC=C(C)C)c2c(c3oc(=O)c(-c4ccc(O)cc4)c(O)c13)C=CC(C)(C)O2.Cl. The molecule has 8 nitrogen and oxygen atoms in total. The molecule has 2 aliphatic heterocycles. The van der Waals surface area contributed by atoms with E-state index in [0.29, 0.717) is 40.5 Å². The first-order valence-electron chi connectivity index (χ1n) is 18.5. The maximum atomic E-state index is 12.9. The van der Waals surface area contributed by atoms with Crippen LogP contribution in [-0.2, 0) is 6.42 Å². The molecule has 7 rings (SSSR count). The van der Waals surface area contributed by atoms with Crippen molar-refractivity contribution in [3.63, 3.8) is 0 Å². The van der Waals surface area contributed by atoms with Crippen molar-refractivity contribution in [1.29, 1.82) is 0 Å². The van der Waals surface area contributed by atoms with Gasteiger partial charge in [-0.15, -0.1) is 12.4 Å². The molecule has 0 amide bonds. The highest BCUT2D eigenvalue weighted by Crippen LogP contribution is 2.50. The van der Waals surface area contributed by atoms with E-state index in [9.17, 15) is 15.0 Å². The number of aromatic hydroxyl groups is 2. The highest BCUT2D eigenvalue weighted by atomic mass is 35.5.